The van der Waals surface area contributed by atoms with Crippen molar-refractivity contribution in [3.63, 3.8) is 0 Å². The van der Waals surface area contributed by atoms with Crippen molar-refractivity contribution < 1.29 is 14.6 Å². The fourth-order valence-corrected chi connectivity index (χ4v) is 2.45. The molecule has 0 aliphatic rings. The van der Waals surface area contributed by atoms with Crippen LogP contribution in [0.15, 0.2) is 11.1 Å². The van der Waals surface area contributed by atoms with Gasteiger partial charge in [0.2, 0.25) is 0 Å². The number of aromatic nitrogens is 2. The van der Waals surface area contributed by atoms with Crippen molar-refractivity contribution in [2.75, 3.05) is 26.1 Å². The summed E-state index contributed by atoms with van der Waals surface area (Å²) in [4.78, 5) is 0. The number of hydrogen-bond donors (Lipinski definition) is 1. The zero-order valence-electron chi connectivity index (χ0n) is 11.4. The van der Waals surface area contributed by atoms with Crippen LogP contribution < -0.4 is 0 Å². The monoisotopic (exact) mass is 274 g/mol. The third kappa shape index (κ3) is 5.39. The van der Waals surface area contributed by atoms with Crippen LogP contribution in [0, 0.1) is 6.92 Å². The fourth-order valence-electron chi connectivity index (χ4n) is 1.51. The third-order valence-electron chi connectivity index (χ3n) is 2.36. The molecular formula is C12H22N2O3S. The van der Waals surface area contributed by atoms with Crippen LogP contribution in [0.5, 0.6) is 0 Å². The van der Waals surface area contributed by atoms with Gasteiger partial charge >= 0.3 is 0 Å². The quantitative estimate of drug-likeness (QED) is 0.723. The predicted octanol–water partition coefficient (Wildman–Crippen LogP) is 1.23. The van der Waals surface area contributed by atoms with E-state index in [9.17, 15) is 5.11 Å². The first kappa shape index (κ1) is 15.5. The Morgan fingerprint density at radius 2 is 2.22 bits per heavy atom. The molecule has 1 rings (SSSR count). The second-order valence-electron chi connectivity index (χ2n) is 4.31. The van der Waals surface area contributed by atoms with Crippen LogP contribution in [0.4, 0.5) is 0 Å². The minimum absolute atomic E-state index is 0.00796. The van der Waals surface area contributed by atoms with Crippen molar-refractivity contribution in [1.29, 1.82) is 0 Å². The van der Waals surface area contributed by atoms with Crippen LogP contribution in [0.1, 0.15) is 12.6 Å². The van der Waals surface area contributed by atoms with Gasteiger partial charge in [0.25, 0.3) is 0 Å². The van der Waals surface area contributed by atoms with E-state index in [4.69, 9.17) is 9.47 Å². The molecule has 1 heterocycles. The van der Waals surface area contributed by atoms with Crippen molar-refractivity contribution >= 4 is 11.8 Å². The van der Waals surface area contributed by atoms with E-state index in [1.54, 1.807) is 18.9 Å². The maximum atomic E-state index is 9.81. The molecule has 6 heteroatoms. The van der Waals surface area contributed by atoms with Gasteiger partial charge in [-0.1, -0.05) is 0 Å². The normalized spacial score (nSPS) is 14.7. The molecule has 0 bridgehead atoms. The van der Waals surface area contributed by atoms with E-state index < -0.39 is 6.10 Å². The highest BCUT2D eigenvalue weighted by molar-refractivity contribution is 7.99. The summed E-state index contributed by atoms with van der Waals surface area (Å²) >= 11 is 1.58. The summed E-state index contributed by atoms with van der Waals surface area (Å²) in [5.41, 5.74) is 0.986. The SMILES string of the molecule is COCC(C)OCC(O)CSc1cc(C)nn1C. The summed E-state index contributed by atoms with van der Waals surface area (Å²) < 4.78 is 12.2. The summed E-state index contributed by atoms with van der Waals surface area (Å²) in [7, 11) is 3.54. The van der Waals surface area contributed by atoms with Gasteiger partial charge in [0.1, 0.15) is 0 Å². The summed E-state index contributed by atoms with van der Waals surface area (Å²) in [5, 5.41) is 15.1. The lowest BCUT2D eigenvalue weighted by atomic mass is 10.4. The average molecular weight is 274 g/mol. The minimum Gasteiger partial charge on any atom is -0.390 e. The molecule has 0 saturated heterocycles. The molecule has 0 amide bonds. The summed E-state index contributed by atoms with van der Waals surface area (Å²) in [6.07, 6.45) is -0.474. The average Bonchev–Trinajstić information content (AvgIpc) is 2.63. The number of ether oxygens (including phenoxy) is 2. The number of aliphatic hydroxyl groups is 1. The first-order valence-electron chi connectivity index (χ1n) is 5.95. The molecule has 2 unspecified atom stereocenters. The fraction of sp³-hybridized carbons (Fsp3) is 0.750. The summed E-state index contributed by atoms with van der Waals surface area (Å²) in [6, 6.07) is 2.01. The molecule has 1 aromatic heterocycles. The van der Waals surface area contributed by atoms with Gasteiger partial charge in [0, 0.05) is 19.9 Å². The summed E-state index contributed by atoms with van der Waals surface area (Å²) in [5.74, 6) is 0.596. The molecule has 2 atom stereocenters. The van der Waals surface area contributed by atoms with Crippen molar-refractivity contribution in [3.8, 4) is 0 Å². The highest BCUT2D eigenvalue weighted by Crippen LogP contribution is 2.19. The number of aliphatic hydroxyl groups excluding tert-OH is 1. The Morgan fingerprint density at radius 1 is 1.50 bits per heavy atom. The van der Waals surface area contributed by atoms with Crippen LogP contribution in [-0.2, 0) is 16.5 Å². The Morgan fingerprint density at radius 3 is 2.78 bits per heavy atom. The first-order valence-corrected chi connectivity index (χ1v) is 6.93. The highest BCUT2D eigenvalue weighted by Gasteiger charge is 2.10. The van der Waals surface area contributed by atoms with Gasteiger partial charge in [-0.05, 0) is 19.9 Å². The van der Waals surface area contributed by atoms with Crippen molar-refractivity contribution in [3.05, 3.63) is 11.8 Å². The standard InChI is InChI=1S/C12H22N2O3S/c1-9-5-12(14(3)13-9)18-8-11(15)7-17-10(2)6-16-4/h5,10-11,15H,6-8H2,1-4H3. The minimum atomic E-state index is -0.482. The molecular weight excluding hydrogens is 252 g/mol. The molecule has 0 aliphatic carbocycles. The molecule has 104 valence electrons. The second-order valence-corrected chi connectivity index (χ2v) is 5.35. The maximum Gasteiger partial charge on any atom is 0.0940 e. The second kappa shape index (κ2) is 7.78. The van der Waals surface area contributed by atoms with Crippen LogP contribution >= 0.6 is 11.8 Å². The molecule has 18 heavy (non-hydrogen) atoms. The van der Waals surface area contributed by atoms with Crippen LogP contribution in [0.25, 0.3) is 0 Å². The Bertz CT molecular complexity index is 357. The van der Waals surface area contributed by atoms with Gasteiger partial charge in [-0.25, -0.2) is 0 Å². The molecule has 0 aromatic carbocycles. The topological polar surface area (TPSA) is 56.5 Å². The predicted molar refractivity (Wildman–Crippen MR) is 72.0 cm³/mol. The highest BCUT2D eigenvalue weighted by atomic mass is 32.2. The Labute approximate surface area is 112 Å². The lowest BCUT2D eigenvalue weighted by Crippen LogP contribution is -2.24. The summed E-state index contributed by atoms with van der Waals surface area (Å²) in [6.45, 7) is 4.75. The Balaban J connectivity index is 2.24. The molecule has 5 nitrogen and oxygen atoms in total. The lowest BCUT2D eigenvalue weighted by Gasteiger charge is -2.15. The zero-order valence-corrected chi connectivity index (χ0v) is 12.2. The smallest absolute Gasteiger partial charge is 0.0940 e. The van der Waals surface area contributed by atoms with E-state index in [1.807, 2.05) is 31.6 Å². The number of hydrogen-bond acceptors (Lipinski definition) is 5. The van der Waals surface area contributed by atoms with Crippen molar-refractivity contribution in [2.45, 2.75) is 31.1 Å². The van der Waals surface area contributed by atoms with E-state index in [1.165, 1.54) is 0 Å². The van der Waals surface area contributed by atoms with E-state index in [-0.39, 0.29) is 6.10 Å². The number of thioether (sulfide) groups is 1. The third-order valence-corrected chi connectivity index (χ3v) is 3.59. The lowest BCUT2D eigenvalue weighted by molar-refractivity contribution is -0.0257. The molecule has 1 N–H and O–H groups in total. The van der Waals surface area contributed by atoms with Crippen molar-refractivity contribution in [2.24, 2.45) is 7.05 Å². The van der Waals surface area contributed by atoms with Gasteiger partial charge in [-0.15, -0.1) is 11.8 Å². The molecule has 0 aliphatic heterocycles. The number of rotatable bonds is 8. The zero-order chi connectivity index (χ0) is 13.5. The number of aryl methyl sites for hydroxylation is 2. The van der Waals surface area contributed by atoms with Gasteiger partial charge < -0.3 is 14.6 Å². The Kier molecular flexibility index (Phi) is 6.70. The van der Waals surface area contributed by atoms with Gasteiger partial charge in [-0.2, -0.15) is 5.10 Å². The van der Waals surface area contributed by atoms with Crippen molar-refractivity contribution in [1.82, 2.24) is 9.78 Å². The first-order chi connectivity index (χ1) is 8.52. The van der Waals surface area contributed by atoms with Crippen LogP contribution in [0.3, 0.4) is 0 Å². The maximum absolute atomic E-state index is 9.81. The van der Waals surface area contributed by atoms with Gasteiger partial charge in [0.15, 0.2) is 0 Å². The molecule has 0 spiro atoms. The molecule has 1 aromatic rings. The molecule has 0 radical (unpaired) electrons. The van der Waals surface area contributed by atoms with E-state index in [2.05, 4.69) is 5.10 Å². The Hall–Kier alpha value is -0.560. The molecule has 0 fully saturated rings. The number of methoxy groups -OCH3 is 1. The van der Waals surface area contributed by atoms with Gasteiger partial charge in [-0.3, -0.25) is 4.68 Å². The van der Waals surface area contributed by atoms with E-state index >= 15 is 0 Å². The van der Waals surface area contributed by atoms with Crippen LogP contribution in [0.2, 0.25) is 0 Å². The van der Waals surface area contributed by atoms with E-state index in [0.29, 0.717) is 19.0 Å². The largest absolute Gasteiger partial charge is 0.390 e. The number of nitrogens with zero attached hydrogens (tertiary/aromatic N) is 2. The van der Waals surface area contributed by atoms with E-state index in [0.717, 1.165) is 10.7 Å². The van der Waals surface area contributed by atoms with Crippen LogP contribution in [-0.4, -0.2) is 53.2 Å². The molecule has 0 saturated carbocycles. The van der Waals surface area contributed by atoms with Gasteiger partial charge in [0.05, 0.1) is 36.1 Å².